The lowest BCUT2D eigenvalue weighted by Crippen LogP contribution is -2.26. The fourth-order valence-corrected chi connectivity index (χ4v) is 3.97. The fourth-order valence-electron chi connectivity index (χ4n) is 3.97. The average Bonchev–Trinajstić information content (AvgIpc) is 3.29. The number of fused-ring (bicyclic) bond motifs is 1. The summed E-state index contributed by atoms with van der Waals surface area (Å²) in [6.07, 6.45) is 1.46. The molecular formula is C24H27N3O3. The number of para-hydroxylation sites is 2. The molecule has 30 heavy (non-hydrogen) atoms. The minimum Gasteiger partial charge on any atom is -0.491 e. The number of imidazole rings is 1. The van der Waals surface area contributed by atoms with Gasteiger partial charge in [0, 0.05) is 25.4 Å². The zero-order valence-electron chi connectivity index (χ0n) is 17.2. The van der Waals surface area contributed by atoms with E-state index in [1.807, 2.05) is 60.0 Å². The van der Waals surface area contributed by atoms with Crippen molar-refractivity contribution in [3.8, 4) is 5.75 Å². The highest BCUT2D eigenvalue weighted by Gasteiger charge is 2.33. The van der Waals surface area contributed by atoms with E-state index in [4.69, 9.17) is 9.72 Å². The molecule has 0 aliphatic carbocycles. The number of carbonyl (C=O) groups excluding carboxylic acids is 1. The van der Waals surface area contributed by atoms with Crippen molar-refractivity contribution in [1.29, 1.82) is 0 Å². The Morgan fingerprint density at radius 1 is 1.27 bits per heavy atom. The van der Waals surface area contributed by atoms with Crippen LogP contribution in [-0.4, -0.2) is 51.3 Å². The number of aryl methyl sites for hydroxylation is 1. The molecule has 6 nitrogen and oxygen atoms in total. The molecule has 0 saturated carbocycles. The van der Waals surface area contributed by atoms with Crippen molar-refractivity contribution in [3.63, 3.8) is 0 Å². The quantitative estimate of drug-likeness (QED) is 0.584. The number of hydrogen-bond acceptors (Lipinski definition) is 4. The standard InChI is InChI=1S/C24H27N3O3/c1-3-12-26-14-18(13-23(26)29)24-25-21-6-4-5-7-22(21)27(24)15-19(28)16-30-20-10-8-17(2)9-11-20/h3-11,18-19,28H,1,12-16H2,2H3/t18-,19-/m0/s1. The molecule has 4 rings (SSSR count). The molecule has 1 N–H and O–H groups in total. The lowest BCUT2D eigenvalue weighted by atomic mass is 10.1. The van der Waals surface area contributed by atoms with Gasteiger partial charge in [0.15, 0.2) is 0 Å². The van der Waals surface area contributed by atoms with Crippen molar-refractivity contribution in [2.24, 2.45) is 0 Å². The van der Waals surface area contributed by atoms with Gasteiger partial charge in [-0.3, -0.25) is 4.79 Å². The van der Waals surface area contributed by atoms with Gasteiger partial charge >= 0.3 is 0 Å². The second kappa shape index (κ2) is 8.71. The summed E-state index contributed by atoms with van der Waals surface area (Å²) < 4.78 is 7.79. The maximum absolute atomic E-state index is 12.4. The van der Waals surface area contributed by atoms with Gasteiger partial charge in [0.25, 0.3) is 0 Å². The van der Waals surface area contributed by atoms with Crippen molar-refractivity contribution < 1.29 is 14.6 Å². The van der Waals surface area contributed by atoms with E-state index in [0.717, 1.165) is 28.2 Å². The average molecular weight is 405 g/mol. The third-order valence-corrected chi connectivity index (χ3v) is 5.47. The molecule has 1 fully saturated rings. The van der Waals surface area contributed by atoms with E-state index >= 15 is 0 Å². The molecule has 1 amide bonds. The Morgan fingerprint density at radius 3 is 2.80 bits per heavy atom. The Hall–Kier alpha value is -3.12. The van der Waals surface area contributed by atoms with E-state index in [9.17, 15) is 9.90 Å². The number of rotatable bonds is 8. The van der Waals surface area contributed by atoms with Crippen LogP contribution in [0.15, 0.2) is 61.2 Å². The van der Waals surface area contributed by atoms with E-state index in [1.54, 1.807) is 11.0 Å². The number of aliphatic hydroxyl groups is 1. The molecule has 0 spiro atoms. The monoisotopic (exact) mass is 405 g/mol. The molecule has 3 aromatic rings. The second-order valence-electron chi connectivity index (χ2n) is 7.84. The first-order chi connectivity index (χ1) is 14.5. The van der Waals surface area contributed by atoms with Gasteiger partial charge in [0.05, 0.1) is 17.6 Å². The summed E-state index contributed by atoms with van der Waals surface area (Å²) in [6, 6.07) is 15.6. The molecule has 0 unspecified atom stereocenters. The maximum atomic E-state index is 12.4. The Labute approximate surface area is 176 Å². The van der Waals surface area contributed by atoms with Crippen molar-refractivity contribution in [2.75, 3.05) is 19.7 Å². The summed E-state index contributed by atoms with van der Waals surface area (Å²) in [5.74, 6) is 1.68. The molecule has 2 aromatic carbocycles. The molecule has 1 saturated heterocycles. The van der Waals surface area contributed by atoms with Crippen LogP contribution < -0.4 is 4.74 Å². The van der Waals surface area contributed by atoms with Crippen LogP contribution in [0.2, 0.25) is 0 Å². The normalized spacial score (nSPS) is 17.5. The van der Waals surface area contributed by atoms with Gasteiger partial charge in [0.2, 0.25) is 5.91 Å². The molecule has 0 radical (unpaired) electrons. The number of likely N-dealkylation sites (tertiary alicyclic amines) is 1. The number of amides is 1. The maximum Gasteiger partial charge on any atom is 0.223 e. The van der Waals surface area contributed by atoms with Crippen LogP contribution in [0.25, 0.3) is 11.0 Å². The van der Waals surface area contributed by atoms with Crippen molar-refractivity contribution in [2.45, 2.75) is 31.9 Å². The Bertz CT molecular complexity index is 1040. The lowest BCUT2D eigenvalue weighted by molar-refractivity contribution is -0.127. The van der Waals surface area contributed by atoms with Gasteiger partial charge in [-0.05, 0) is 31.2 Å². The Balaban J connectivity index is 1.53. The van der Waals surface area contributed by atoms with Crippen LogP contribution in [0.1, 0.15) is 23.7 Å². The highest BCUT2D eigenvalue weighted by molar-refractivity contribution is 5.81. The number of ether oxygens (including phenoxy) is 1. The van der Waals surface area contributed by atoms with Crippen molar-refractivity contribution in [1.82, 2.24) is 14.5 Å². The molecule has 1 aliphatic rings. The van der Waals surface area contributed by atoms with E-state index in [2.05, 4.69) is 6.58 Å². The SMILES string of the molecule is C=CCN1C[C@@H](c2nc3ccccc3n2C[C@H](O)COc2ccc(C)cc2)CC1=O. The molecule has 6 heteroatoms. The summed E-state index contributed by atoms with van der Waals surface area (Å²) in [5, 5.41) is 10.7. The molecule has 1 aromatic heterocycles. The topological polar surface area (TPSA) is 67.6 Å². The first-order valence-electron chi connectivity index (χ1n) is 10.3. The van der Waals surface area contributed by atoms with E-state index in [1.165, 1.54) is 0 Å². The predicted molar refractivity (Wildman–Crippen MR) is 117 cm³/mol. The van der Waals surface area contributed by atoms with E-state index < -0.39 is 6.10 Å². The van der Waals surface area contributed by atoms with Gasteiger partial charge in [-0.2, -0.15) is 0 Å². The van der Waals surface area contributed by atoms with Crippen LogP contribution in [0.5, 0.6) is 5.75 Å². The molecule has 2 atom stereocenters. The number of carbonyl (C=O) groups is 1. The molecule has 2 heterocycles. The number of aromatic nitrogens is 2. The minimum absolute atomic E-state index is 0.00457. The van der Waals surface area contributed by atoms with Crippen LogP contribution >= 0.6 is 0 Å². The van der Waals surface area contributed by atoms with Gasteiger partial charge < -0.3 is 19.3 Å². The second-order valence-corrected chi connectivity index (χ2v) is 7.84. The lowest BCUT2D eigenvalue weighted by Gasteiger charge is -2.18. The Kier molecular flexibility index (Phi) is 5.86. The van der Waals surface area contributed by atoms with Crippen molar-refractivity contribution >= 4 is 16.9 Å². The number of benzene rings is 2. The van der Waals surface area contributed by atoms with Crippen LogP contribution in [0.3, 0.4) is 0 Å². The summed E-state index contributed by atoms with van der Waals surface area (Å²) in [5.41, 5.74) is 2.99. The molecule has 156 valence electrons. The minimum atomic E-state index is -0.705. The summed E-state index contributed by atoms with van der Waals surface area (Å²) >= 11 is 0. The molecule has 0 bridgehead atoms. The highest BCUT2D eigenvalue weighted by Crippen LogP contribution is 2.30. The third kappa shape index (κ3) is 4.24. The van der Waals surface area contributed by atoms with Gasteiger partial charge in [-0.15, -0.1) is 6.58 Å². The highest BCUT2D eigenvalue weighted by atomic mass is 16.5. The van der Waals surface area contributed by atoms with Gasteiger partial charge in [-0.25, -0.2) is 4.98 Å². The predicted octanol–water partition coefficient (Wildman–Crippen LogP) is 3.29. The third-order valence-electron chi connectivity index (χ3n) is 5.47. The Morgan fingerprint density at radius 2 is 2.03 bits per heavy atom. The summed E-state index contributed by atoms with van der Waals surface area (Å²) in [4.78, 5) is 19.0. The first kappa shape index (κ1) is 20.2. The zero-order valence-corrected chi connectivity index (χ0v) is 17.2. The fraction of sp³-hybridized carbons (Fsp3) is 0.333. The van der Waals surface area contributed by atoms with Crippen LogP contribution in [0, 0.1) is 6.92 Å². The molecular weight excluding hydrogens is 378 g/mol. The number of hydrogen-bond donors (Lipinski definition) is 1. The van der Waals surface area contributed by atoms with Gasteiger partial charge in [0.1, 0.15) is 24.3 Å². The van der Waals surface area contributed by atoms with E-state index in [-0.39, 0.29) is 18.4 Å². The first-order valence-corrected chi connectivity index (χ1v) is 10.3. The number of nitrogens with zero attached hydrogens (tertiary/aromatic N) is 3. The largest absolute Gasteiger partial charge is 0.491 e. The number of aliphatic hydroxyl groups excluding tert-OH is 1. The van der Waals surface area contributed by atoms with Crippen LogP contribution in [-0.2, 0) is 11.3 Å². The summed E-state index contributed by atoms with van der Waals surface area (Å²) in [7, 11) is 0. The van der Waals surface area contributed by atoms with Gasteiger partial charge in [-0.1, -0.05) is 35.9 Å². The van der Waals surface area contributed by atoms with Crippen molar-refractivity contribution in [3.05, 3.63) is 72.6 Å². The molecule has 1 aliphatic heterocycles. The van der Waals surface area contributed by atoms with Crippen LogP contribution in [0.4, 0.5) is 0 Å². The zero-order chi connectivity index (χ0) is 21.1. The summed E-state index contributed by atoms with van der Waals surface area (Å²) in [6.45, 7) is 7.45. The smallest absolute Gasteiger partial charge is 0.223 e. The van der Waals surface area contributed by atoms with E-state index in [0.29, 0.717) is 26.1 Å².